The third-order valence-electron chi connectivity index (χ3n) is 4.24. The second-order valence-electron chi connectivity index (χ2n) is 5.88. The highest BCUT2D eigenvalue weighted by molar-refractivity contribution is 7.89. The number of benzene rings is 1. The van der Waals surface area contributed by atoms with Crippen molar-refractivity contribution < 1.29 is 22.4 Å². The molecule has 0 spiro atoms. The van der Waals surface area contributed by atoms with Crippen LogP contribution in [0.4, 0.5) is 0 Å². The van der Waals surface area contributed by atoms with Gasteiger partial charge in [-0.25, -0.2) is 13.1 Å². The van der Waals surface area contributed by atoms with Crippen molar-refractivity contribution in [2.45, 2.75) is 23.8 Å². The Morgan fingerprint density at radius 2 is 1.88 bits per heavy atom. The van der Waals surface area contributed by atoms with Crippen LogP contribution in [0, 0.1) is 0 Å². The van der Waals surface area contributed by atoms with Crippen LogP contribution in [-0.4, -0.2) is 45.5 Å². The first-order valence-corrected chi connectivity index (χ1v) is 9.46. The van der Waals surface area contributed by atoms with Crippen LogP contribution in [0.1, 0.15) is 23.2 Å². The van der Waals surface area contributed by atoms with E-state index in [0.29, 0.717) is 37.2 Å². The summed E-state index contributed by atoms with van der Waals surface area (Å²) in [4.78, 5) is 14.2. The van der Waals surface area contributed by atoms with Crippen LogP contribution >= 0.6 is 0 Å². The van der Waals surface area contributed by atoms with Crippen molar-refractivity contribution in [3.8, 4) is 5.75 Å². The maximum Gasteiger partial charge on any atom is 0.257 e. The van der Waals surface area contributed by atoms with Gasteiger partial charge < -0.3 is 14.1 Å². The molecule has 1 fully saturated rings. The molecule has 7 nitrogen and oxygen atoms in total. The number of methoxy groups -OCH3 is 1. The highest BCUT2D eigenvalue weighted by Crippen LogP contribution is 2.19. The van der Waals surface area contributed by atoms with Crippen molar-refractivity contribution in [1.29, 1.82) is 0 Å². The molecule has 1 aliphatic heterocycles. The zero-order chi connectivity index (χ0) is 17.9. The third kappa shape index (κ3) is 4.02. The number of likely N-dealkylation sites (tertiary alicyclic amines) is 1. The number of ether oxygens (including phenoxy) is 1. The van der Waals surface area contributed by atoms with Gasteiger partial charge in [0.1, 0.15) is 12.0 Å². The number of carbonyl (C=O) groups is 1. The van der Waals surface area contributed by atoms with Crippen LogP contribution in [-0.2, 0) is 10.0 Å². The number of piperidine rings is 1. The molecule has 0 unspecified atom stereocenters. The zero-order valence-electron chi connectivity index (χ0n) is 13.8. The first-order valence-electron chi connectivity index (χ1n) is 7.97. The number of sulfonamides is 1. The Bertz CT molecular complexity index is 807. The molecule has 1 aromatic heterocycles. The maximum atomic E-state index is 12.5. The van der Waals surface area contributed by atoms with Crippen molar-refractivity contribution in [3.63, 3.8) is 0 Å². The average molecular weight is 364 g/mol. The smallest absolute Gasteiger partial charge is 0.257 e. The minimum atomic E-state index is -3.59. The SMILES string of the molecule is COc1ccc(S(=O)(=O)NC2CCN(C(=O)c3ccoc3)CC2)cc1. The standard InChI is InChI=1S/C17H20N2O5S/c1-23-15-2-4-16(5-3-15)25(21,22)18-14-6-9-19(10-7-14)17(20)13-8-11-24-12-13/h2-5,8,11-12,14,18H,6-7,9-10H2,1H3. The molecule has 1 aromatic carbocycles. The molecule has 0 radical (unpaired) electrons. The van der Waals surface area contributed by atoms with E-state index in [-0.39, 0.29) is 16.8 Å². The summed E-state index contributed by atoms with van der Waals surface area (Å²) in [7, 11) is -2.06. The molecule has 2 heterocycles. The van der Waals surface area contributed by atoms with Crippen LogP contribution in [0.2, 0.25) is 0 Å². The molecular formula is C17H20N2O5S. The lowest BCUT2D eigenvalue weighted by molar-refractivity contribution is 0.0710. The predicted octanol–water partition coefficient (Wildman–Crippen LogP) is 1.87. The van der Waals surface area contributed by atoms with E-state index in [1.54, 1.807) is 23.1 Å². The van der Waals surface area contributed by atoms with Gasteiger partial charge in [-0.05, 0) is 43.2 Å². The number of nitrogens with one attached hydrogen (secondary N) is 1. The van der Waals surface area contributed by atoms with Gasteiger partial charge >= 0.3 is 0 Å². The van der Waals surface area contributed by atoms with Gasteiger partial charge in [0.15, 0.2) is 0 Å². The molecule has 0 aliphatic carbocycles. The van der Waals surface area contributed by atoms with Gasteiger partial charge in [-0.3, -0.25) is 4.79 Å². The van der Waals surface area contributed by atoms with Crippen molar-refractivity contribution in [3.05, 3.63) is 48.4 Å². The fourth-order valence-electron chi connectivity index (χ4n) is 2.81. The molecule has 8 heteroatoms. The van der Waals surface area contributed by atoms with Gasteiger partial charge in [0.05, 0.1) is 23.8 Å². The van der Waals surface area contributed by atoms with Gasteiger partial charge in [0.25, 0.3) is 5.91 Å². The normalized spacial score (nSPS) is 16.0. The lowest BCUT2D eigenvalue weighted by Gasteiger charge is -2.32. The second-order valence-corrected chi connectivity index (χ2v) is 7.59. The van der Waals surface area contributed by atoms with E-state index in [1.807, 2.05) is 0 Å². The van der Waals surface area contributed by atoms with E-state index in [0.717, 1.165) is 0 Å². The molecule has 2 aromatic rings. The van der Waals surface area contributed by atoms with Crippen LogP contribution < -0.4 is 9.46 Å². The monoisotopic (exact) mass is 364 g/mol. The van der Waals surface area contributed by atoms with Crippen LogP contribution in [0.5, 0.6) is 5.75 Å². The van der Waals surface area contributed by atoms with Crippen LogP contribution in [0.15, 0.2) is 52.2 Å². The van der Waals surface area contributed by atoms with Crippen LogP contribution in [0.3, 0.4) is 0 Å². The zero-order valence-corrected chi connectivity index (χ0v) is 14.7. The third-order valence-corrected chi connectivity index (χ3v) is 5.78. The number of hydrogen-bond acceptors (Lipinski definition) is 5. The minimum absolute atomic E-state index is 0.0924. The second kappa shape index (κ2) is 7.28. The molecule has 1 N–H and O–H groups in total. The van der Waals surface area contributed by atoms with E-state index >= 15 is 0 Å². The summed E-state index contributed by atoms with van der Waals surface area (Å²) in [6.45, 7) is 1.000. The number of nitrogens with zero attached hydrogens (tertiary/aromatic N) is 1. The lowest BCUT2D eigenvalue weighted by atomic mass is 10.1. The summed E-state index contributed by atoms with van der Waals surface area (Å²) < 4.78 is 37.6. The summed E-state index contributed by atoms with van der Waals surface area (Å²) >= 11 is 0. The Balaban J connectivity index is 1.58. The molecule has 0 saturated carbocycles. The highest BCUT2D eigenvalue weighted by atomic mass is 32.2. The van der Waals surface area contributed by atoms with Gasteiger partial charge in [0.2, 0.25) is 10.0 Å². The van der Waals surface area contributed by atoms with E-state index in [9.17, 15) is 13.2 Å². The number of amides is 1. The molecule has 0 bridgehead atoms. The van der Waals surface area contributed by atoms with E-state index < -0.39 is 10.0 Å². The van der Waals surface area contributed by atoms with Crippen LogP contribution in [0.25, 0.3) is 0 Å². The van der Waals surface area contributed by atoms with Crippen molar-refractivity contribution in [1.82, 2.24) is 9.62 Å². The topological polar surface area (TPSA) is 88.9 Å². The van der Waals surface area contributed by atoms with E-state index in [2.05, 4.69) is 4.72 Å². The van der Waals surface area contributed by atoms with Gasteiger partial charge in [-0.2, -0.15) is 0 Å². The fourth-order valence-corrected chi connectivity index (χ4v) is 4.12. The maximum absolute atomic E-state index is 12.5. The molecule has 25 heavy (non-hydrogen) atoms. The highest BCUT2D eigenvalue weighted by Gasteiger charge is 2.27. The van der Waals surface area contributed by atoms with Crippen molar-refractivity contribution in [2.24, 2.45) is 0 Å². The first-order chi connectivity index (χ1) is 12.0. The van der Waals surface area contributed by atoms with Crippen molar-refractivity contribution in [2.75, 3.05) is 20.2 Å². The average Bonchev–Trinajstić information content (AvgIpc) is 3.16. The van der Waals surface area contributed by atoms with E-state index in [1.165, 1.54) is 31.8 Å². The summed E-state index contributed by atoms with van der Waals surface area (Å²) in [6.07, 6.45) is 4.02. The number of hydrogen-bond donors (Lipinski definition) is 1. The molecule has 3 rings (SSSR count). The Labute approximate surface area is 146 Å². The molecule has 1 aliphatic rings. The summed E-state index contributed by atoms with van der Waals surface area (Å²) in [5.74, 6) is 0.509. The van der Waals surface area contributed by atoms with Gasteiger partial charge in [0, 0.05) is 19.1 Å². The number of rotatable bonds is 5. The molecule has 134 valence electrons. The fraction of sp³-hybridized carbons (Fsp3) is 0.353. The molecule has 1 amide bonds. The summed E-state index contributed by atoms with van der Waals surface area (Å²) in [6, 6.07) is 7.68. The minimum Gasteiger partial charge on any atom is -0.497 e. The lowest BCUT2D eigenvalue weighted by Crippen LogP contribution is -2.46. The molecule has 1 saturated heterocycles. The predicted molar refractivity (Wildman–Crippen MR) is 90.9 cm³/mol. The first kappa shape index (κ1) is 17.5. The molecular weight excluding hydrogens is 344 g/mol. The molecule has 0 atom stereocenters. The summed E-state index contributed by atoms with van der Waals surface area (Å²) in [5.41, 5.74) is 0.511. The van der Waals surface area contributed by atoms with Gasteiger partial charge in [-0.15, -0.1) is 0 Å². The number of carbonyl (C=O) groups excluding carboxylic acids is 1. The summed E-state index contributed by atoms with van der Waals surface area (Å²) in [5, 5.41) is 0. The largest absolute Gasteiger partial charge is 0.497 e. The number of furan rings is 1. The Hall–Kier alpha value is -2.32. The Morgan fingerprint density at radius 3 is 2.44 bits per heavy atom. The Morgan fingerprint density at radius 1 is 1.20 bits per heavy atom. The van der Waals surface area contributed by atoms with E-state index in [4.69, 9.17) is 9.15 Å². The van der Waals surface area contributed by atoms with Crippen molar-refractivity contribution >= 4 is 15.9 Å². The quantitative estimate of drug-likeness (QED) is 0.875. The Kier molecular flexibility index (Phi) is 5.10. The van der Waals surface area contributed by atoms with Gasteiger partial charge in [-0.1, -0.05) is 0 Å².